The van der Waals surface area contributed by atoms with Gasteiger partial charge in [-0.3, -0.25) is 4.98 Å². The van der Waals surface area contributed by atoms with Gasteiger partial charge in [-0.15, -0.1) is 0 Å². The molecule has 22 heavy (non-hydrogen) atoms. The van der Waals surface area contributed by atoms with Crippen molar-refractivity contribution in [2.45, 2.75) is 34.3 Å². The second-order valence-electron chi connectivity index (χ2n) is 6.74. The molecule has 0 saturated heterocycles. The quantitative estimate of drug-likeness (QED) is 0.741. The van der Waals surface area contributed by atoms with Crippen LogP contribution in [0, 0.1) is 11.3 Å². The normalized spacial score (nSPS) is 13.3. The molecule has 1 heterocycles. The molecule has 1 unspecified atom stereocenters. The lowest BCUT2D eigenvalue weighted by Gasteiger charge is -2.24. The fraction of sp³-hybridized carbons (Fsp3) is 0.350. The van der Waals surface area contributed by atoms with Crippen molar-refractivity contribution in [2.24, 2.45) is 11.3 Å². The van der Waals surface area contributed by atoms with Crippen LogP contribution in [0.3, 0.4) is 0 Å². The van der Waals surface area contributed by atoms with Crippen molar-refractivity contribution in [3.63, 3.8) is 0 Å². The summed E-state index contributed by atoms with van der Waals surface area (Å²) in [6.07, 6.45) is 7.98. The average Bonchev–Trinajstić information content (AvgIpc) is 2.51. The molecule has 0 saturated carbocycles. The number of hydrogen-bond donors (Lipinski definition) is 0. The number of allylic oxidation sites excluding steroid dienone is 1. The molecule has 0 fully saturated rings. The predicted octanol–water partition coefficient (Wildman–Crippen LogP) is 5.36. The minimum absolute atomic E-state index is 0.269. The minimum atomic E-state index is 0.269. The highest BCUT2D eigenvalue weighted by atomic mass is 16.5. The van der Waals surface area contributed by atoms with Crippen LogP contribution in [0.4, 0.5) is 0 Å². The maximum Gasteiger partial charge on any atom is 0.138 e. The van der Waals surface area contributed by atoms with Gasteiger partial charge in [0.15, 0.2) is 0 Å². The summed E-state index contributed by atoms with van der Waals surface area (Å²) in [6, 6.07) is 12.2. The molecule has 0 aliphatic carbocycles. The molecule has 0 bridgehead atoms. The Morgan fingerprint density at radius 1 is 1.14 bits per heavy atom. The summed E-state index contributed by atoms with van der Waals surface area (Å²) in [4.78, 5) is 4.26. The Bertz CT molecular complexity index is 611. The van der Waals surface area contributed by atoms with E-state index in [-0.39, 0.29) is 5.41 Å². The molecule has 1 aromatic heterocycles. The summed E-state index contributed by atoms with van der Waals surface area (Å²) in [5.74, 6) is 1.30. The molecule has 1 atom stereocenters. The van der Waals surface area contributed by atoms with Gasteiger partial charge in [0.25, 0.3) is 0 Å². The molecule has 0 spiro atoms. The van der Waals surface area contributed by atoms with Gasteiger partial charge in [0.05, 0.1) is 6.20 Å². The third kappa shape index (κ3) is 5.03. The monoisotopic (exact) mass is 295 g/mol. The molecule has 0 radical (unpaired) electrons. The highest BCUT2D eigenvalue weighted by Crippen LogP contribution is 2.27. The summed E-state index contributed by atoms with van der Waals surface area (Å²) in [5, 5.41) is 0. The Labute approximate surface area is 133 Å². The molecule has 2 nitrogen and oxygen atoms in total. The van der Waals surface area contributed by atoms with Crippen molar-refractivity contribution in [1.82, 2.24) is 4.98 Å². The number of nitrogens with zero attached hydrogens (tertiary/aromatic N) is 1. The first-order valence-electron chi connectivity index (χ1n) is 7.75. The van der Waals surface area contributed by atoms with Crippen molar-refractivity contribution in [1.29, 1.82) is 0 Å². The fourth-order valence-corrected chi connectivity index (χ4v) is 1.89. The third-order valence-corrected chi connectivity index (χ3v) is 3.93. The van der Waals surface area contributed by atoms with Crippen LogP contribution in [0.25, 0.3) is 6.08 Å². The van der Waals surface area contributed by atoms with Crippen molar-refractivity contribution in [3.8, 4) is 5.75 Å². The second-order valence-corrected chi connectivity index (χ2v) is 6.74. The van der Waals surface area contributed by atoms with Crippen molar-refractivity contribution in [3.05, 3.63) is 66.0 Å². The van der Waals surface area contributed by atoms with Crippen LogP contribution < -0.4 is 4.74 Å². The number of pyridine rings is 1. The van der Waals surface area contributed by atoms with Crippen molar-refractivity contribution in [2.75, 3.05) is 0 Å². The molecule has 2 heteroatoms. The Morgan fingerprint density at radius 2 is 1.86 bits per heavy atom. The van der Waals surface area contributed by atoms with Crippen LogP contribution >= 0.6 is 0 Å². The highest BCUT2D eigenvalue weighted by molar-refractivity contribution is 5.50. The van der Waals surface area contributed by atoms with E-state index < -0.39 is 0 Å². The number of ether oxygens (including phenoxy) is 1. The van der Waals surface area contributed by atoms with Gasteiger partial charge in [-0.1, -0.05) is 70.2 Å². The smallest absolute Gasteiger partial charge is 0.138 e. The predicted molar refractivity (Wildman–Crippen MR) is 92.7 cm³/mol. The summed E-state index contributed by atoms with van der Waals surface area (Å²) < 4.78 is 5.81. The van der Waals surface area contributed by atoms with Gasteiger partial charge >= 0.3 is 0 Å². The number of hydrogen-bond acceptors (Lipinski definition) is 2. The Balaban J connectivity index is 1.99. The highest BCUT2D eigenvalue weighted by Gasteiger charge is 2.16. The molecule has 0 aliphatic rings. The fourth-order valence-electron chi connectivity index (χ4n) is 1.89. The Kier molecular flexibility index (Phi) is 5.37. The van der Waals surface area contributed by atoms with E-state index in [1.54, 1.807) is 6.20 Å². The van der Waals surface area contributed by atoms with E-state index in [1.165, 1.54) is 0 Å². The zero-order valence-electron chi connectivity index (χ0n) is 13.9. The van der Waals surface area contributed by atoms with E-state index in [0.29, 0.717) is 12.5 Å². The molecule has 0 N–H and O–H groups in total. The lowest BCUT2D eigenvalue weighted by molar-refractivity contribution is 0.305. The third-order valence-electron chi connectivity index (χ3n) is 3.93. The van der Waals surface area contributed by atoms with E-state index in [2.05, 4.69) is 57.0 Å². The largest absolute Gasteiger partial charge is 0.487 e. The lowest BCUT2D eigenvalue weighted by atomic mass is 9.82. The topological polar surface area (TPSA) is 22.1 Å². The molecule has 2 rings (SSSR count). The zero-order chi connectivity index (χ0) is 16.0. The van der Waals surface area contributed by atoms with Crippen LogP contribution in [0.5, 0.6) is 5.75 Å². The van der Waals surface area contributed by atoms with Crippen LogP contribution in [-0.4, -0.2) is 4.98 Å². The van der Waals surface area contributed by atoms with Gasteiger partial charge < -0.3 is 4.74 Å². The first-order chi connectivity index (χ1) is 10.4. The maximum absolute atomic E-state index is 5.81. The number of rotatable bonds is 5. The summed E-state index contributed by atoms with van der Waals surface area (Å²) in [5.41, 5.74) is 2.50. The van der Waals surface area contributed by atoms with E-state index in [0.717, 1.165) is 16.9 Å². The van der Waals surface area contributed by atoms with E-state index >= 15 is 0 Å². The minimum Gasteiger partial charge on any atom is -0.487 e. The maximum atomic E-state index is 5.81. The van der Waals surface area contributed by atoms with Crippen LogP contribution in [0.15, 0.2) is 54.9 Å². The van der Waals surface area contributed by atoms with Crippen molar-refractivity contribution < 1.29 is 4.74 Å². The molecular weight excluding hydrogens is 270 g/mol. The summed E-state index contributed by atoms with van der Waals surface area (Å²) >= 11 is 0. The van der Waals surface area contributed by atoms with Crippen molar-refractivity contribution >= 4 is 6.08 Å². The standard InChI is InChI=1S/C20H25NO/c1-16(20(2,3)4)10-11-18-12-19(14-21-13-18)22-15-17-8-6-5-7-9-17/h5-14,16H,15H2,1-4H3. The lowest BCUT2D eigenvalue weighted by Crippen LogP contribution is -2.14. The van der Waals surface area contributed by atoms with E-state index in [4.69, 9.17) is 4.74 Å². The summed E-state index contributed by atoms with van der Waals surface area (Å²) in [7, 11) is 0. The Hall–Kier alpha value is -2.09. The van der Waals surface area contributed by atoms with Gasteiger partial charge in [0, 0.05) is 6.20 Å². The van der Waals surface area contributed by atoms with Gasteiger partial charge in [-0.2, -0.15) is 0 Å². The number of aromatic nitrogens is 1. The summed E-state index contributed by atoms with van der Waals surface area (Å²) in [6.45, 7) is 9.55. The Morgan fingerprint density at radius 3 is 2.55 bits per heavy atom. The van der Waals surface area contributed by atoms with E-state index in [9.17, 15) is 0 Å². The van der Waals surface area contributed by atoms with E-state index in [1.807, 2.05) is 30.5 Å². The molecule has 0 aliphatic heterocycles. The van der Waals surface area contributed by atoms with Crippen LogP contribution in [0.1, 0.15) is 38.8 Å². The molecule has 2 aromatic rings. The molecular formula is C20H25NO. The molecule has 116 valence electrons. The first kappa shape index (κ1) is 16.3. The van der Waals surface area contributed by atoms with Gasteiger partial charge in [0.1, 0.15) is 12.4 Å². The van der Waals surface area contributed by atoms with Gasteiger partial charge in [0.2, 0.25) is 0 Å². The zero-order valence-corrected chi connectivity index (χ0v) is 13.9. The SMILES string of the molecule is CC(C=Cc1cncc(OCc2ccccc2)c1)C(C)(C)C. The average molecular weight is 295 g/mol. The number of benzene rings is 1. The van der Waals surface area contributed by atoms with Gasteiger partial charge in [-0.25, -0.2) is 0 Å². The molecule has 1 aromatic carbocycles. The van der Waals surface area contributed by atoms with Crippen LogP contribution in [-0.2, 0) is 6.61 Å². The second kappa shape index (κ2) is 7.26. The van der Waals surface area contributed by atoms with Gasteiger partial charge in [-0.05, 0) is 28.5 Å². The van der Waals surface area contributed by atoms with Crippen LogP contribution in [0.2, 0.25) is 0 Å². The first-order valence-corrected chi connectivity index (χ1v) is 7.75. The molecule has 0 amide bonds.